The van der Waals surface area contributed by atoms with Gasteiger partial charge in [-0.2, -0.15) is 0 Å². The molecule has 12 nitrogen and oxygen atoms in total. The zero-order valence-corrected chi connectivity index (χ0v) is 24.0. The van der Waals surface area contributed by atoms with E-state index in [4.69, 9.17) is 23.5 Å². The van der Waals surface area contributed by atoms with Gasteiger partial charge in [-0.05, 0) is 69.1 Å². The van der Waals surface area contributed by atoms with E-state index in [1.165, 1.54) is 19.2 Å². The molecule has 234 valence electrons. The van der Waals surface area contributed by atoms with E-state index in [0.717, 1.165) is 50.0 Å². The minimum Gasteiger partial charge on any atom is -0.493 e. The monoisotopic (exact) mass is 604 g/mol. The van der Waals surface area contributed by atoms with Crippen LogP contribution in [-0.2, 0) is 14.3 Å². The summed E-state index contributed by atoms with van der Waals surface area (Å²) in [4.78, 5) is 13.7. The van der Waals surface area contributed by atoms with Crippen molar-refractivity contribution in [3.8, 4) is 11.5 Å². The van der Waals surface area contributed by atoms with Crippen molar-refractivity contribution in [3.05, 3.63) is 53.5 Å². The molecule has 0 bridgehead atoms. The number of aromatic nitrogens is 1. The average molecular weight is 605 g/mol. The maximum Gasteiger partial charge on any atom is 0.335 e. The average Bonchev–Trinajstić information content (AvgIpc) is 3.42. The molecule has 43 heavy (non-hydrogen) atoms. The Balaban J connectivity index is 1.09. The van der Waals surface area contributed by atoms with Crippen molar-refractivity contribution in [2.24, 2.45) is 0 Å². The molecule has 3 heterocycles. The first-order valence-electron chi connectivity index (χ1n) is 14.3. The topological polar surface area (TPSA) is 164 Å². The molecule has 4 N–H and O–H groups in total. The molecule has 2 fully saturated rings. The predicted octanol–water partition coefficient (Wildman–Crippen LogP) is 2.59. The number of likely N-dealkylation sites (tertiary alicyclic amines) is 1. The van der Waals surface area contributed by atoms with E-state index in [1.54, 1.807) is 31.2 Å². The summed E-state index contributed by atoms with van der Waals surface area (Å²) < 4.78 is 41.2. The van der Waals surface area contributed by atoms with E-state index in [-0.39, 0.29) is 11.7 Å². The molecule has 6 atom stereocenters. The molecule has 5 rings (SSSR count). The van der Waals surface area contributed by atoms with Gasteiger partial charge in [0.15, 0.2) is 29.5 Å². The van der Waals surface area contributed by atoms with Crippen molar-refractivity contribution in [2.45, 2.75) is 68.9 Å². The minimum atomic E-state index is -1.79. The van der Waals surface area contributed by atoms with Crippen LogP contribution in [0.3, 0.4) is 0 Å². The third-order valence-corrected chi connectivity index (χ3v) is 8.12. The standard InChI is InChI=1S/C30H37FN2O10/c1-16(41-30-27(36)25(34)26(35)28(42-30)29(37)38)18-4-7-21(23(14-18)39-2)40-13-3-10-33-11-8-17(9-12-33)24-20-6-5-19(31)15-22(20)43-32-24/h4-7,14-17,25-28,30,34-36H,3,8-13H2,1-2H3,(H,37,38). The van der Waals surface area contributed by atoms with Crippen LogP contribution >= 0.6 is 0 Å². The molecule has 0 spiro atoms. The Labute approximate surface area is 247 Å². The molecule has 6 unspecified atom stereocenters. The number of nitrogens with zero attached hydrogens (tertiary/aromatic N) is 2. The van der Waals surface area contributed by atoms with Crippen LogP contribution in [0.25, 0.3) is 11.0 Å². The molecule has 2 aliphatic heterocycles. The number of aliphatic hydroxyl groups excluding tert-OH is 3. The highest BCUT2D eigenvalue weighted by molar-refractivity contribution is 5.80. The molecule has 0 aliphatic carbocycles. The number of methoxy groups -OCH3 is 1. The number of carbonyl (C=O) groups is 1. The molecular formula is C30H37FN2O10. The summed E-state index contributed by atoms with van der Waals surface area (Å²) in [5.41, 5.74) is 2.02. The molecule has 0 radical (unpaired) electrons. The Morgan fingerprint density at radius 1 is 1.09 bits per heavy atom. The summed E-state index contributed by atoms with van der Waals surface area (Å²) in [5.74, 6) is -0.527. The number of fused-ring (bicyclic) bond motifs is 1. The lowest BCUT2D eigenvalue weighted by Crippen LogP contribution is -2.60. The Morgan fingerprint density at radius 2 is 1.86 bits per heavy atom. The summed E-state index contributed by atoms with van der Waals surface area (Å²) >= 11 is 0. The maximum absolute atomic E-state index is 13.5. The van der Waals surface area contributed by atoms with Gasteiger partial charge >= 0.3 is 5.97 Å². The van der Waals surface area contributed by atoms with Gasteiger partial charge in [0.05, 0.1) is 25.5 Å². The first-order valence-corrected chi connectivity index (χ1v) is 14.3. The van der Waals surface area contributed by atoms with Crippen LogP contribution in [0.1, 0.15) is 49.5 Å². The van der Waals surface area contributed by atoms with Crippen molar-refractivity contribution >= 4 is 16.9 Å². The summed E-state index contributed by atoms with van der Waals surface area (Å²) in [6, 6.07) is 9.74. The molecule has 0 amide bonds. The van der Waals surface area contributed by atoms with E-state index in [1.807, 2.05) is 0 Å². The van der Waals surface area contributed by atoms with E-state index in [2.05, 4.69) is 10.1 Å². The van der Waals surface area contributed by atoms with Crippen LogP contribution in [0.4, 0.5) is 4.39 Å². The number of ether oxygens (including phenoxy) is 4. The highest BCUT2D eigenvalue weighted by atomic mass is 19.1. The number of hydrogen-bond donors (Lipinski definition) is 4. The number of carboxylic acids is 1. The molecule has 13 heteroatoms. The van der Waals surface area contributed by atoms with Gasteiger partial charge in [-0.1, -0.05) is 11.2 Å². The van der Waals surface area contributed by atoms with Crippen molar-refractivity contribution in [3.63, 3.8) is 0 Å². The van der Waals surface area contributed by atoms with E-state index in [9.17, 15) is 29.6 Å². The van der Waals surface area contributed by atoms with Crippen molar-refractivity contribution < 1.29 is 53.1 Å². The van der Waals surface area contributed by atoms with Crippen LogP contribution in [0, 0.1) is 5.82 Å². The maximum atomic E-state index is 13.5. The lowest BCUT2D eigenvalue weighted by Gasteiger charge is -2.39. The zero-order chi connectivity index (χ0) is 30.7. The summed E-state index contributed by atoms with van der Waals surface area (Å²) in [5, 5.41) is 44.5. The normalized spacial score (nSPS) is 26.0. The highest BCUT2D eigenvalue weighted by Gasteiger charge is 2.48. The number of halogens is 1. The van der Waals surface area contributed by atoms with Crippen LogP contribution in [0.5, 0.6) is 11.5 Å². The Bertz CT molecular complexity index is 1390. The number of aliphatic hydroxyl groups is 3. The molecule has 2 aromatic carbocycles. The van der Waals surface area contributed by atoms with E-state index >= 15 is 0 Å². The quantitative estimate of drug-likeness (QED) is 0.237. The van der Waals surface area contributed by atoms with Gasteiger partial charge in [0.25, 0.3) is 0 Å². The molecule has 2 aliphatic rings. The van der Waals surface area contributed by atoms with Gasteiger partial charge in [0, 0.05) is 23.9 Å². The third-order valence-electron chi connectivity index (χ3n) is 8.12. The largest absolute Gasteiger partial charge is 0.493 e. The second-order valence-electron chi connectivity index (χ2n) is 10.9. The lowest BCUT2D eigenvalue weighted by atomic mass is 9.91. The van der Waals surface area contributed by atoms with Gasteiger partial charge in [0.1, 0.15) is 24.1 Å². The summed E-state index contributed by atoms with van der Waals surface area (Å²) in [7, 11) is 1.51. The van der Waals surface area contributed by atoms with Crippen molar-refractivity contribution in [2.75, 3.05) is 33.4 Å². The minimum absolute atomic E-state index is 0.275. The lowest BCUT2D eigenvalue weighted by molar-refractivity contribution is -0.304. The third kappa shape index (κ3) is 6.92. The van der Waals surface area contributed by atoms with Gasteiger partial charge in [-0.25, -0.2) is 9.18 Å². The fraction of sp³-hybridized carbons (Fsp3) is 0.533. The molecular weight excluding hydrogens is 567 g/mol. The first-order chi connectivity index (χ1) is 20.7. The molecule has 1 aromatic heterocycles. The predicted molar refractivity (Wildman–Crippen MR) is 149 cm³/mol. The van der Waals surface area contributed by atoms with Crippen molar-refractivity contribution in [1.82, 2.24) is 10.1 Å². The van der Waals surface area contributed by atoms with E-state index < -0.39 is 42.8 Å². The first kappa shape index (κ1) is 31.1. The van der Waals surface area contributed by atoms with Gasteiger partial charge < -0.3 is 48.8 Å². The zero-order valence-electron chi connectivity index (χ0n) is 24.0. The number of rotatable bonds is 11. The summed E-state index contributed by atoms with van der Waals surface area (Å²) in [6.45, 7) is 4.84. The molecule has 2 saturated heterocycles. The second-order valence-corrected chi connectivity index (χ2v) is 10.9. The van der Waals surface area contributed by atoms with Crippen molar-refractivity contribution in [1.29, 1.82) is 0 Å². The van der Waals surface area contributed by atoms with Gasteiger partial charge in [-0.3, -0.25) is 0 Å². The number of benzene rings is 2. The Hall–Kier alpha value is -3.33. The fourth-order valence-electron chi connectivity index (χ4n) is 5.63. The Kier molecular flexibility index (Phi) is 9.79. The van der Waals surface area contributed by atoms with Gasteiger partial charge in [0.2, 0.25) is 0 Å². The highest BCUT2D eigenvalue weighted by Crippen LogP contribution is 2.35. The van der Waals surface area contributed by atoms with Crippen LogP contribution in [-0.4, -0.2) is 101 Å². The van der Waals surface area contributed by atoms with E-state index in [0.29, 0.717) is 29.3 Å². The second kappa shape index (κ2) is 13.5. The van der Waals surface area contributed by atoms with Crippen LogP contribution in [0.15, 0.2) is 40.9 Å². The fourth-order valence-corrected chi connectivity index (χ4v) is 5.63. The van der Waals surface area contributed by atoms with Crippen LogP contribution < -0.4 is 9.47 Å². The number of piperidine rings is 1. The summed E-state index contributed by atoms with van der Waals surface area (Å²) in [6.07, 6.45) is -6.39. The number of aliphatic carboxylic acids is 1. The SMILES string of the molecule is COc1cc(C(C)OC2OC(C(=O)O)C(O)C(O)C2O)ccc1OCCCN1CCC(c2noc3cc(F)ccc23)CC1. The number of carboxylic acid groups (broad SMARTS) is 1. The smallest absolute Gasteiger partial charge is 0.335 e. The Morgan fingerprint density at radius 3 is 2.58 bits per heavy atom. The van der Waals surface area contributed by atoms with Gasteiger partial charge in [-0.15, -0.1) is 0 Å². The number of hydrogen-bond acceptors (Lipinski definition) is 11. The molecule has 3 aromatic rings. The van der Waals surface area contributed by atoms with Crippen LogP contribution in [0.2, 0.25) is 0 Å². The molecule has 0 saturated carbocycles.